The molecule has 0 aromatic heterocycles. The Morgan fingerprint density at radius 3 is 2.48 bits per heavy atom. The molecule has 3 N–H and O–H groups in total. The Kier molecular flexibility index (Phi) is 7.90. The summed E-state index contributed by atoms with van der Waals surface area (Å²) in [5.74, 6) is 1.98. The maximum Gasteiger partial charge on any atom is 0.195 e. The van der Waals surface area contributed by atoms with Gasteiger partial charge in [-0.2, -0.15) is 0 Å². The van der Waals surface area contributed by atoms with Crippen LogP contribution in [0.4, 0.5) is 5.69 Å². The minimum Gasteiger partial charge on any atom is -0.493 e. The van der Waals surface area contributed by atoms with Crippen molar-refractivity contribution in [1.82, 2.24) is 5.32 Å². The van der Waals surface area contributed by atoms with E-state index in [1.807, 2.05) is 25.1 Å². The third kappa shape index (κ3) is 5.42. The van der Waals surface area contributed by atoms with Gasteiger partial charge in [0.1, 0.15) is 0 Å². The Bertz CT molecular complexity index is 533. The highest BCUT2D eigenvalue weighted by Crippen LogP contribution is 2.32. The van der Waals surface area contributed by atoms with E-state index in [1.165, 1.54) is 0 Å². The van der Waals surface area contributed by atoms with E-state index in [0.717, 1.165) is 31.5 Å². The van der Waals surface area contributed by atoms with Gasteiger partial charge < -0.3 is 25.2 Å². The molecular formula is C16H26IN3O3. The third-order valence-electron chi connectivity index (χ3n) is 3.81. The second-order valence-electron chi connectivity index (χ2n) is 5.47. The van der Waals surface area contributed by atoms with Crippen molar-refractivity contribution in [1.29, 1.82) is 0 Å². The van der Waals surface area contributed by atoms with E-state index < -0.39 is 5.60 Å². The first kappa shape index (κ1) is 19.8. The van der Waals surface area contributed by atoms with E-state index in [1.54, 1.807) is 14.2 Å². The number of rotatable bonds is 6. The summed E-state index contributed by atoms with van der Waals surface area (Å²) in [4.78, 5) is 4.47. The van der Waals surface area contributed by atoms with E-state index in [4.69, 9.17) is 9.47 Å². The summed E-state index contributed by atoms with van der Waals surface area (Å²) in [6.45, 7) is 3.16. The molecule has 2 rings (SSSR count). The molecule has 0 saturated heterocycles. The quantitative estimate of drug-likeness (QED) is 0.364. The Morgan fingerprint density at radius 1 is 1.26 bits per heavy atom. The van der Waals surface area contributed by atoms with Gasteiger partial charge in [0.25, 0.3) is 0 Å². The zero-order valence-corrected chi connectivity index (χ0v) is 16.2. The number of halogens is 1. The monoisotopic (exact) mass is 435 g/mol. The van der Waals surface area contributed by atoms with Gasteiger partial charge in [0.15, 0.2) is 17.5 Å². The van der Waals surface area contributed by atoms with E-state index >= 15 is 0 Å². The normalized spacial score (nSPS) is 15.9. The van der Waals surface area contributed by atoms with Crippen LogP contribution in [0.2, 0.25) is 0 Å². The van der Waals surface area contributed by atoms with Gasteiger partial charge >= 0.3 is 0 Å². The lowest BCUT2D eigenvalue weighted by atomic mass is 9.80. The van der Waals surface area contributed by atoms with Crippen molar-refractivity contribution in [2.45, 2.75) is 31.8 Å². The molecule has 7 heteroatoms. The lowest BCUT2D eigenvalue weighted by molar-refractivity contribution is -0.0235. The van der Waals surface area contributed by atoms with Gasteiger partial charge in [-0.25, -0.2) is 0 Å². The predicted octanol–water partition coefficient (Wildman–Crippen LogP) is 2.61. The molecule has 0 bridgehead atoms. The average molecular weight is 435 g/mol. The lowest BCUT2D eigenvalue weighted by Gasteiger charge is -2.35. The first-order valence-electron chi connectivity index (χ1n) is 7.60. The number of hydrogen-bond donors (Lipinski definition) is 3. The zero-order valence-electron chi connectivity index (χ0n) is 13.9. The van der Waals surface area contributed by atoms with Crippen LogP contribution < -0.4 is 20.1 Å². The zero-order chi connectivity index (χ0) is 16.0. The number of hydrogen-bond acceptors (Lipinski definition) is 4. The standard InChI is InChI=1S/C16H25N3O3.HI/c1-4-17-15(18-11-16(20)8-5-9-16)19-12-6-7-13(21-2)14(10-12)22-3;/h6-7,10,20H,4-5,8-9,11H2,1-3H3,(H2,17,18,19);1H. The summed E-state index contributed by atoms with van der Waals surface area (Å²) in [5.41, 5.74) is 0.220. The summed E-state index contributed by atoms with van der Waals surface area (Å²) < 4.78 is 10.5. The van der Waals surface area contributed by atoms with E-state index in [9.17, 15) is 5.11 Å². The van der Waals surface area contributed by atoms with Crippen LogP contribution in [0.1, 0.15) is 26.2 Å². The van der Waals surface area contributed by atoms with Crippen LogP contribution in [-0.4, -0.2) is 44.0 Å². The number of nitrogens with one attached hydrogen (secondary N) is 2. The topological polar surface area (TPSA) is 75.1 Å². The average Bonchev–Trinajstić information content (AvgIpc) is 2.50. The van der Waals surface area contributed by atoms with Gasteiger partial charge in [0.05, 0.1) is 26.4 Å². The SMILES string of the molecule is CCNC(=NCC1(O)CCC1)Nc1ccc(OC)c(OC)c1.I. The highest BCUT2D eigenvalue weighted by molar-refractivity contribution is 14.0. The Balaban J connectivity index is 0.00000264. The van der Waals surface area contributed by atoms with Gasteiger partial charge in [0.2, 0.25) is 0 Å². The summed E-state index contributed by atoms with van der Waals surface area (Å²) in [5, 5.41) is 16.5. The van der Waals surface area contributed by atoms with Gasteiger partial charge in [0, 0.05) is 18.3 Å². The Hall–Kier alpha value is -1.22. The van der Waals surface area contributed by atoms with Crippen molar-refractivity contribution < 1.29 is 14.6 Å². The van der Waals surface area contributed by atoms with Crippen LogP contribution >= 0.6 is 24.0 Å². The second kappa shape index (κ2) is 9.17. The summed E-state index contributed by atoms with van der Waals surface area (Å²) in [6.07, 6.45) is 2.73. The van der Waals surface area contributed by atoms with Crippen molar-refractivity contribution in [2.75, 3.05) is 32.6 Å². The maximum atomic E-state index is 10.1. The molecule has 0 atom stereocenters. The van der Waals surface area contributed by atoms with Crippen LogP contribution in [0.25, 0.3) is 0 Å². The molecule has 0 aliphatic heterocycles. The molecular weight excluding hydrogens is 409 g/mol. The number of nitrogens with zero attached hydrogens (tertiary/aromatic N) is 1. The number of benzene rings is 1. The molecule has 1 aliphatic rings. The van der Waals surface area contributed by atoms with Crippen LogP contribution in [0.15, 0.2) is 23.2 Å². The van der Waals surface area contributed by atoms with Gasteiger partial charge in [-0.3, -0.25) is 4.99 Å². The molecule has 1 aliphatic carbocycles. The number of methoxy groups -OCH3 is 2. The summed E-state index contributed by atoms with van der Waals surface area (Å²) in [6, 6.07) is 5.58. The molecule has 130 valence electrons. The molecule has 23 heavy (non-hydrogen) atoms. The molecule has 0 spiro atoms. The van der Waals surface area contributed by atoms with Gasteiger partial charge in [-0.05, 0) is 38.3 Å². The number of aliphatic imine (C=N–C) groups is 1. The lowest BCUT2D eigenvalue weighted by Crippen LogP contribution is -2.41. The fourth-order valence-corrected chi connectivity index (χ4v) is 2.33. The van der Waals surface area contributed by atoms with Crippen molar-refractivity contribution in [3.05, 3.63) is 18.2 Å². The largest absolute Gasteiger partial charge is 0.493 e. The first-order valence-corrected chi connectivity index (χ1v) is 7.60. The number of guanidine groups is 1. The fourth-order valence-electron chi connectivity index (χ4n) is 2.33. The minimum absolute atomic E-state index is 0. The molecule has 0 amide bonds. The molecule has 0 radical (unpaired) electrons. The molecule has 0 heterocycles. The summed E-state index contributed by atoms with van der Waals surface area (Å²) in [7, 11) is 3.21. The smallest absolute Gasteiger partial charge is 0.195 e. The van der Waals surface area contributed by atoms with E-state index in [2.05, 4.69) is 15.6 Å². The molecule has 6 nitrogen and oxygen atoms in total. The van der Waals surface area contributed by atoms with Crippen molar-refractivity contribution in [3.8, 4) is 11.5 Å². The number of anilines is 1. The van der Waals surface area contributed by atoms with Gasteiger partial charge in [-0.15, -0.1) is 24.0 Å². The number of aliphatic hydroxyl groups is 1. The van der Waals surface area contributed by atoms with Gasteiger partial charge in [-0.1, -0.05) is 0 Å². The van der Waals surface area contributed by atoms with E-state index in [-0.39, 0.29) is 24.0 Å². The highest BCUT2D eigenvalue weighted by atomic mass is 127. The highest BCUT2D eigenvalue weighted by Gasteiger charge is 2.34. The maximum absolute atomic E-state index is 10.1. The van der Waals surface area contributed by atoms with Crippen LogP contribution in [-0.2, 0) is 0 Å². The molecule has 1 saturated carbocycles. The molecule has 0 unspecified atom stereocenters. The first-order chi connectivity index (χ1) is 10.6. The van der Waals surface area contributed by atoms with Crippen LogP contribution in [0, 0.1) is 0 Å². The Labute approximate surface area is 154 Å². The molecule has 1 fully saturated rings. The van der Waals surface area contributed by atoms with Crippen LogP contribution in [0.3, 0.4) is 0 Å². The molecule has 1 aromatic rings. The van der Waals surface area contributed by atoms with Crippen molar-refractivity contribution >= 4 is 35.6 Å². The molecule has 1 aromatic carbocycles. The van der Waals surface area contributed by atoms with E-state index in [0.29, 0.717) is 24.0 Å². The minimum atomic E-state index is -0.625. The predicted molar refractivity (Wildman–Crippen MR) is 103 cm³/mol. The van der Waals surface area contributed by atoms with Crippen molar-refractivity contribution in [3.63, 3.8) is 0 Å². The fraction of sp³-hybridized carbons (Fsp3) is 0.562. The summed E-state index contributed by atoms with van der Waals surface area (Å²) >= 11 is 0. The Morgan fingerprint density at radius 2 is 1.96 bits per heavy atom. The van der Waals surface area contributed by atoms with Crippen LogP contribution in [0.5, 0.6) is 11.5 Å². The second-order valence-corrected chi connectivity index (χ2v) is 5.47. The van der Waals surface area contributed by atoms with Crippen molar-refractivity contribution in [2.24, 2.45) is 4.99 Å². The third-order valence-corrected chi connectivity index (χ3v) is 3.81. The number of ether oxygens (including phenoxy) is 2.